The van der Waals surface area contributed by atoms with Crippen molar-refractivity contribution < 1.29 is 14.3 Å². The Morgan fingerprint density at radius 2 is 1.74 bits per heavy atom. The van der Waals surface area contributed by atoms with Gasteiger partial charge in [0.15, 0.2) is 0 Å². The molecule has 1 N–H and O–H groups in total. The first-order valence-electron chi connectivity index (χ1n) is 7.29. The molecular weight excluding hydrogens is 310 g/mol. The molecule has 1 amide bonds. The van der Waals surface area contributed by atoms with E-state index in [2.05, 4.69) is 10.1 Å². The Bertz CT molecular complexity index is 658. The van der Waals surface area contributed by atoms with E-state index in [9.17, 15) is 9.59 Å². The number of thioether (sulfide) groups is 1. The van der Waals surface area contributed by atoms with Gasteiger partial charge in [0, 0.05) is 23.4 Å². The van der Waals surface area contributed by atoms with Gasteiger partial charge >= 0.3 is 5.97 Å². The lowest BCUT2D eigenvalue weighted by Crippen LogP contribution is -2.13. The van der Waals surface area contributed by atoms with Crippen molar-refractivity contribution in [2.45, 2.75) is 6.42 Å². The second kappa shape index (κ2) is 9.00. The molecule has 0 fully saturated rings. The van der Waals surface area contributed by atoms with Crippen molar-refractivity contribution in [1.29, 1.82) is 0 Å². The van der Waals surface area contributed by atoms with Gasteiger partial charge in [-0.1, -0.05) is 48.5 Å². The largest absolute Gasteiger partial charge is 0.468 e. The second-order valence-corrected chi connectivity index (χ2v) is 5.94. The molecule has 0 atom stereocenters. The summed E-state index contributed by atoms with van der Waals surface area (Å²) in [5.74, 6) is 0.509. The predicted octanol–water partition coefficient (Wildman–Crippen LogP) is 3.59. The van der Waals surface area contributed by atoms with Crippen LogP contribution in [0.1, 0.15) is 6.42 Å². The quantitative estimate of drug-likeness (QED) is 0.623. The summed E-state index contributed by atoms with van der Waals surface area (Å²) in [5, 5.41) is 2.94. The first-order chi connectivity index (χ1) is 11.2. The van der Waals surface area contributed by atoms with Crippen LogP contribution in [0.2, 0.25) is 0 Å². The number of carbonyl (C=O) groups is 2. The van der Waals surface area contributed by atoms with Crippen molar-refractivity contribution in [3.8, 4) is 11.1 Å². The van der Waals surface area contributed by atoms with Crippen molar-refractivity contribution in [2.24, 2.45) is 0 Å². The van der Waals surface area contributed by atoms with Gasteiger partial charge in [-0.2, -0.15) is 0 Å². The highest BCUT2D eigenvalue weighted by molar-refractivity contribution is 7.99. The van der Waals surface area contributed by atoms with Crippen LogP contribution in [0, 0.1) is 0 Å². The summed E-state index contributed by atoms with van der Waals surface area (Å²) in [6, 6.07) is 17.6. The average molecular weight is 329 g/mol. The number of carbonyl (C=O) groups excluding carboxylic acids is 2. The molecular formula is C18H19NO3S. The van der Waals surface area contributed by atoms with Crippen molar-refractivity contribution in [3.05, 3.63) is 54.6 Å². The molecule has 0 saturated carbocycles. The van der Waals surface area contributed by atoms with Crippen LogP contribution in [0.4, 0.5) is 5.69 Å². The molecule has 5 heteroatoms. The molecule has 0 aliphatic rings. The lowest BCUT2D eigenvalue weighted by atomic mass is 10.0. The van der Waals surface area contributed by atoms with E-state index in [1.165, 1.54) is 18.9 Å². The summed E-state index contributed by atoms with van der Waals surface area (Å²) in [6.45, 7) is 0. The number of ether oxygens (including phenoxy) is 1. The normalized spacial score (nSPS) is 10.1. The molecule has 120 valence electrons. The van der Waals surface area contributed by atoms with E-state index < -0.39 is 0 Å². The van der Waals surface area contributed by atoms with Crippen LogP contribution < -0.4 is 5.32 Å². The number of nitrogens with one attached hydrogen (secondary N) is 1. The Hall–Kier alpha value is -2.27. The molecule has 0 bridgehead atoms. The number of amides is 1. The summed E-state index contributed by atoms with van der Waals surface area (Å²) in [4.78, 5) is 23.1. The van der Waals surface area contributed by atoms with E-state index in [4.69, 9.17) is 0 Å². The van der Waals surface area contributed by atoms with Gasteiger partial charge < -0.3 is 10.1 Å². The number of methoxy groups -OCH3 is 1. The second-order valence-electron chi connectivity index (χ2n) is 4.84. The van der Waals surface area contributed by atoms with Crippen LogP contribution in [0.25, 0.3) is 11.1 Å². The summed E-state index contributed by atoms with van der Waals surface area (Å²) in [6.07, 6.45) is 0.352. The fourth-order valence-electron chi connectivity index (χ4n) is 2.05. The van der Waals surface area contributed by atoms with Gasteiger partial charge in [0.1, 0.15) is 0 Å². The van der Waals surface area contributed by atoms with Gasteiger partial charge in [-0.15, -0.1) is 11.8 Å². The predicted molar refractivity (Wildman–Crippen MR) is 94.5 cm³/mol. The number of esters is 1. The van der Waals surface area contributed by atoms with E-state index >= 15 is 0 Å². The Morgan fingerprint density at radius 3 is 2.48 bits per heavy atom. The van der Waals surface area contributed by atoms with Crippen molar-refractivity contribution in [2.75, 3.05) is 23.9 Å². The van der Waals surface area contributed by atoms with Gasteiger partial charge in [-0.25, -0.2) is 0 Å². The minimum Gasteiger partial charge on any atom is -0.468 e. The fourth-order valence-corrected chi connectivity index (χ4v) is 2.81. The highest BCUT2D eigenvalue weighted by Crippen LogP contribution is 2.27. The van der Waals surface area contributed by atoms with E-state index in [1.54, 1.807) is 0 Å². The minimum absolute atomic E-state index is 0.0641. The van der Waals surface area contributed by atoms with Gasteiger partial charge in [0.25, 0.3) is 0 Å². The lowest BCUT2D eigenvalue weighted by molar-refractivity contribution is -0.137. The zero-order chi connectivity index (χ0) is 16.5. The van der Waals surface area contributed by atoms with Crippen LogP contribution in [-0.4, -0.2) is 30.5 Å². The number of hydrogen-bond donors (Lipinski definition) is 1. The van der Waals surface area contributed by atoms with Crippen LogP contribution in [-0.2, 0) is 14.3 Å². The van der Waals surface area contributed by atoms with Crippen LogP contribution in [0.3, 0.4) is 0 Å². The monoisotopic (exact) mass is 329 g/mol. The molecule has 0 saturated heterocycles. The van der Waals surface area contributed by atoms with Crippen molar-refractivity contribution >= 4 is 29.3 Å². The van der Waals surface area contributed by atoms with Crippen LogP contribution in [0.15, 0.2) is 54.6 Å². The first-order valence-corrected chi connectivity index (χ1v) is 8.45. The summed E-state index contributed by atoms with van der Waals surface area (Å²) in [7, 11) is 1.36. The summed E-state index contributed by atoms with van der Waals surface area (Å²) < 4.78 is 4.56. The SMILES string of the molecule is COC(=O)CSCCC(=O)Nc1ccccc1-c1ccccc1. The molecule has 0 spiro atoms. The Morgan fingerprint density at radius 1 is 1.04 bits per heavy atom. The van der Waals surface area contributed by atoms with E-state index in [0.29, 0.717) is 12.2 Å². The molecule has 23 heavy (non-hydrogen) atoms. The topological polar surface area (TPSA) is 55.4 Å². The molecule has 0 unspecified atom stereocenters. The molecule has 2 aromatic carbocycles. The molecule has 0 aliphatic carbocycles. The highest BCUT2D eigenvalue weighted by Gasteiger charge is 2.08. The maximum Gasteiger partial charge on any atom is 0.315 e. The van der Waals surface area contributed by atoms with Crippen molar-refractivity contribution in [3.63, 3.8) is 0 Å². The van der Waals surface area contributed by atoms with Crippen LogP contribution in [0.5, 0.6) is 0 Å². The zero-order valence-electron chi connectivity index (χ0n) is 13.0. The maximum absolute atomic E-state index is 12.1. The lowest BCUT2D eigenvalue weighted by Gasteiger charge is -2.11. The Balaban J connectivity index is 1.93. The Labute approximate surface area is 140 Å². The number of anilines is 1. The number of benzene rings is 2. The molecule has 2 aromatic rings. The minimum atomic E-state index is -0.273. The summed E-state index contributed by atoms with van der Waals surface area (Å²) in [5.41, 5.74) is 2.84. The third-order valence-electron chi connectivity index (χ3n) is 3.21. The average Bonchev–Trinajstić information content (AvgIpc) is 2.59. The van der Waals surface area contributed by atoms with Gasteiger partial charge in [-0.05, 0) is 11.6 Å². The smallest absolute Gasteiger partial charge is 0.315 e. The van der Waals surface area contributed by atoms with E-state index in [1.807, 2.05) is 54.6 Å². The van der Waals surface area contributed by atoms with Gasteiger partial charge in [0.05, 0.1) is 12.9 Å². The molecule has 0 aromatic heterocycles. The molecule has 0 heterocycles. The molecule has 0 radical (unpaired) electrons. The number of hydrogen-bond acceptors (Lipinski definition) is 4. The van der Waals surface area contributed by atoms with E-state index in [-0.39, 0.29) is 17.6 Å². The molecule has 4 nitrogen and oxygen atoms in total. The number of para-hydroxylation sites is 1. The van der Waals surface area contributed by atoms with Crippen LogP contribution >= 0.6 is 11.8 Å². The van der Waals surface area contributed by atoms with Crippen molar-refractivity contribution in [1.82, 2.24) is 0 Å². The first kappa shape index (κ1) is 17.1. The fraction of sp³-hybridized carbons (Fsp3) is 0.222. The standard InChI is InChI=1S/C18H19NO3S/c1-22-18(21)13-23-12-11-17(20)19-16-10-6-5-9-15(16)14-7-3-2-4-8-14/h2-10H,11-13H2,1H3,(H,19,20). The summed E-state index contributed by atoms with van der Waals surface area (Å²) >= 11 is 1.39. The van der Waals surface area contributed by atoms with Gasteiger partial charge in [0.2, 0.25) is 5.91 Å². The molecule has 2 rings (SSSR count). The Kier molecular flexibility index (Phi) is 6.69. The maximum atomic E-state index is 12.1. The van der Waals surface area contributed by atoms with Gasteiger partial charge in [-0.3, -0.25) is 9.59 Å². The zero-order valence-corrected chi connectivity index (χ0v) is 13.8. The third-order valence-corrected chi connectivity index (χ3v) is 4.14. The van der Waals surface area contributed by atoms with E-state index in [0.717, 1.165) is 16.8 Å². The number of rotatable bonds is 7. The highest BCUT2D eigenvalue weighted by atomic mass is 32.2. The molecule has 0 aliphatic heterocycles. The third kappa shape index (κ3) is 5.45.